The molecule has 202 valence electrons. The summed E-state index contributed by atoms with van der Waals surface area (Å²) < 4.78 is 55.8. The number of hydrogen-bond donors (Lipinski definition) is 2. The number of carbonyl (C=O) groups is 2. The molecule has 37 heavy (non-hydrogen) atoms. The van der Waals surface area contributed by atoms with E-state index in [4.69, 9.17) is 0 Å². The second-order valence-corrected chi connectivity index (χ2v) is 15.5. The van der Waals surface area contributed by atoms with Crippen molar-refractivity contribution in [2.24, 2.45) is 34.0 Å². The van der Waals surface area contributed by atoms with E-state index in [9.17, 15) is 26.4 Å². The van der Waals surface area contributed by atoms with Crippen LogP contribution in [0.2, 0.25) is 0 Å². The van der Waals surface area contributed by atoms with E-state index in [1.807, 2.05) is 4.90 Å². The topological polar surface area (TPSA) is 142 Å². The van der Waals surface area contributed by atoms with Crippen LogP contribution in [0.4, 0.5) is 5.00 Å². The monoisotopic (exact) mass is 568 g/mol. The van der Waals surface area contributed by atoms with E-state index in [-0.39, 0.29) is 57.4 Å². The molecule has 10 nitrogen and oxygen atoms in total. The lowest BCUT2D eigenvalue weighted by Crippen LogP contribution is -2.62. The summed E-state index contributed by atoms with van der Waals surface area (Å²) in [6.45, 7) is 0.406. The third-order valence-corrected chi connectivity index (χ3v) is 12.1. The fourth-order valence-electron chi connectivity index (χ4n) is 7.39. The first kappa shape index (κ1) is 25.4. The molecule has 2 aliphatic heterocycles. The third-order valence-electron chi connectivity index (χ3n) is 8.96. The normalized spacial score (nSPS) is 32.8. The number of Topliss-reactive ketones (excluding diaryl/α,β-unsaturated/α-hetero) is 1. The van der Waals surface area contributed by atoms with E-state index in [0.29, 0.717) is 18.4 Å². The number of carbonyl (C=O) groups excluding carboxylic acids is 2. The van der Waals surface area contributed by atoms with Gasteiger partial charge in [-0.1, -0.05) is 25.7 Å². The zero-order valence-corrected chi connectivity index (χ0v) is 23.1. The second-order valence-electron chi connectivity index (χ2n) is 11.2. The predicted molar refractivity (Wildman–Crippen MR) is 139 cm³/mol. The molecule has 3 aliphatic carbocycles. The molecule has 13 heteroatoms. The number of amidine groups is 1. The number of nitrogens with zero attached hydrogens (tertiary/aromatic N) is 2. The van der Waals surface area contributed by atoms with Gasteiger partial charge < -0.3 is 10.2 Å². The number of rotatable bonds is 7. The fraction of sp³-hybridized carbons (Fsp3) is 0.708. The summed E-state index contributed by atoms with van der Waals surface area (Å²) in [6.07, 6.45) is 9.66. The molecule has 1 aromatic rings. The Morgan fingerprint density at radius 3 is 2.62 bits per heavy atom. The van der Waals surface area contributed by atoms with Crippen LogP contribution < -0.4 is 10.0 Å². The van der Waals surface area contributed by atoms with Crippen molar-refractivity contribution < 1.29 is 26.4 Å². The molecule has 3 saturated carbocycles. The number of nitrogens with one attached hydrogen (secondary N) is 2. The maximum Gasteiger partial charge on any atom is 0.287 e. The summed E-state index contributed by atoms with van der Waals surface area (Å²) in [5, 5.41) is 4.79. The molecule has 3 heterocycles. The molecule has 5 atom stereocenters. The highest BCUT2D eigenvalue weighted by Crippen LogP contribution is 2.54. The van der Waals surface area contributed by atoms with Crippen LogP contribution in [0.5, 0.6) is 0 Å². The Bertz CT molecular complexity index is 1380. The van der Waals surface area contributed by atoms with E-state index < -0.39 is 26.0 Å². The smallest absolute Gasteiger partial charge is 0.287 e. The average Bonchev–Trinajstić information content (AvgIpc) is 3.60. The van der Waals surface area contributed by atoms with Crippen LogP contribution >= 0.6 is 11.3 Å². The number of piperidine rings is 1. The van der Waals surface area contributed by atoms with E-state index in [1.165, 1.54) is 25.7 Å². The molecule has 1 saturated heterocycles. The lowest BCUT2D eigenvalue weighted by molar-refractivity contribution is -0.152. The van der Waals surface area contributed by atoms with Gasteiger partial charge >= 0.3 is 0 Å². The number of amides is 1. The van der Waals surface area contributed by atoms with Gasteiger partial charge in [0.2, 0.25) is 15.9 Å². The number of anilines is 1. The Morgan fingerprint density at radius 2 is 1.89 bits per heavy atom. The lowest BCUT2D eigenvalue weighted by atomic mass is 9.73. The predicted octanol–water partition coefficient (Wildman–Crippen LogP) is 2.33. The Balaban J connectivity index is 1.31. The SMILES string of the molecule is CS(=O)(=O)NCc1csc2c1S(=O)(=O)N=C(C1C(=O)C3C([C@@H]4CC[C@H]3C4)N(CCC3CCCC3)C1=O)N2. The standard InChI is InChI=1S/C24H32N4O6S3/c1-36(31,32)25-11-16-12-35-23-21(16)37(33,34)27-22(26-23)18-20(29)17-14-6-7-15(10-14)19(17)28(24(18)30)9-8-13-4-2-3-5-13/h12-15,17-19,25H,2-11H2,1H3,(H,26,27)/t14-,15+,17?,18?,19?/m0/s1. The highest BCUT2D eigenvalue weighted by Gasteiger charge is 2.60. The largest absolute Gasteiger partial charge is 0.338 e. The molecular formula is C24H32N4O6S3. The zero-order valence-electron chi connectivity index (χ0n) is 20.7. The van der Waals surface area contributed by atoms with Crippen molar-refractivity contribution in [3.63, 3.8) is 0 Å². The summed E-state index contributed by atoms with van der Waals surface area (Å²) in [7, 11) is -7.77. The van der Waals surface area contributed by atoms with Crippen molar-refractivity contribution in [1.82, 2.24) is 9.62 Å². The van der Waals surface area contributed by atoms with Crippen molar-refractivity contribution in [2.75, 3.05) is 18.1 Å². The second kappa shape index (κ2) is 9.13. The number of hydrogen-bond acceptors (Lipinski definition) is 8. The van der Waals surface area contributed by atoms with Crippen LogP contribution in [-0.4, -0.2) is 58.1 Å². The summed E-state index contributed by atoms with van der Waals surface area (Å²) in [4.78, 5) is 29.5. The summed E-state index contributed by atoms with van der Waals surface area (Å²) in [5.41, 5.74) is 0.272. The van der Waals surface area contributed by atoms with Gasteiger partial charge in [-0.2, -0.15) is 8.42 Å². The third kappa shape index (κ3) is 4.45. The molecule has 3 unspecified atom stereocenters. The van der Waals surface area contributed by atoms with Crippen molar-refractivity contribution in [3.05, 3.63) is 10.9 Å². The minimum atomic E-state index is -4.24. The number of sulfonamides is 2. The number of thiophene rings is 1. The number of fused-ring (bicyclic) bond motifs is 6. The highest BCUT2D eigenvalue weighted by molar-refractivity contribution is 7.91. The molecule has 2 N–H and O–H groups in total. The van der Waals surface area contributed by atoms with Crippen LogP contribution in [0.1, 0.15) is 56.9 Å². The average molecular weight is 569 g/mol. The molecular weight excluding hydrogens is 536 g/mol. The van der Waals surface area contributed by atoms with Gasteiger partial charge in [0.15, 0.2) is 11.7 Å². The van der Waals surface area contributed by atoms with Crippen molar-refractivity contribution in [1.29, 1.82) is 0 Å². The maximum atomic E-state index is 13.9. The van der Waals surface area contributed by atoms with Gasteiger partial charge in [-0.25, -0.2) is 13.1 Å². The van der Waals surface area contributed by atoms with Gasteiger partial charge in [0.25, 0.3) is 10.0 Å². The van der Waals surface area contributed by atoms with E-state index in [2.05, 4.69) is 14.4 Å². The molecule has 0 spiro atoms. The fourth-order valence-corrected chi connectivity index (χ4v) is 10.5. The first-order valence-electron chi connectivity index (χ1n) is 13.0. The first-order valence-corrected chi connectivity index (χ1v) is 17.3. The minimum absolute atomic E-state index is 0.0804. The van der Waals surface area contributed by atoms with Crippen LogP contribution in [0.15, 0.2) is 14.7 Å². The van der Waals surface area contributed by atoms with Crippen molar-refractivity contribution >= 4 is 53.9 Å². The van der Waals surface area contributed by atoms with Crippen LogP contribution in [0, 0.1) is 29.6 Å². The van der Waals surface area contributed by atoms with Crippen LogP contribution in [0.3, 0.4) is 0 Å². The molecule has 5 aliphatic rings. The Labute approximate surface area is 221 Å². The van der Waals surface area contributed by atoms with Gasteiger partial charge in [0.1, 0.15) is 15.7 Å². The van der Waals surface area contributed by atoms with E-state index in [1.54, 1.807) is 5.38 Å². The molecule has 1 aromatic heterocycles. The Hall–Kier alpha value is -1.83. The summed E-state index contributed by atoms with van der Waals surface area (Å²) in [6, 6.07) is -0.0804. The minimum Gasteiger partial charge on any atom is -0.338 e. The molecule has 0 aromatic carbocycles. The molecule has 2 bridgehead atoms. The quantitative estimate of drug-likeness (QED) is 0.481. The van der Waals surface area contributed by atoms with Gasteiger partial charge in [0, 0.05) is 30.6 Å². The van der Waals surface area contributed by atoms with Gasteiger partial charge in [-0.15, -0.1) is 15.7 Å². The number of ketones is 1. The van der Waals surface area contributed by atoms with Gasteiger partial charge in [-0.05, 0) is 48.8 Å². The molecule has 6 rings (SSSR count). The van der Waals surface area contributed by atoms with Crippen molar-refractivity contribution in [3.8, 4) is 0 Å². The number of likely N-dealkylation sites (tertiary alicyclic amines) is 1. The summed E-state index contributed by atoms with van der Waals surface area (Å²) in [5.74, 6) is -1.02. The molecule has 0 radical (unpaired) electrons. The molecule has 4 fully saturated rings. The van der Waals surface area contributed by atoms with Gasteiger partial charge in [0.05, 0.1) is 6.26 Å². The van der Waals surface area contributed by atoms with E-state index in [0.717, 1.165) is 43.3 Å². The van der Waals surface area contributed by atoms with E-state index >= 15 is 0 Å². The maximum absolute atomic E-state index is 13.9. The van der Waals surface area contributed by atoms with Gasteiger partial charge in [-0.3, -0.25) is 9.59 Å². The first-order chi connectivity index (χ1) is 17.5. The van der Waals surface area contributed by atoms with Crippen LogP contribution in [0.25, 0.3) is 0 Å². The Morgan fingerprint density at radius 1 is 1.16 bits per heavy atom. The highest BCUT2D eigenvalue weighted by atomic mass is 32.2. The van der Waals surface area contributed by atoms with Crippen LogP contribution in [-0.2, 0) is 36.2 Å². The molecule has 1 amide bonds. The Kier molecular flexibility index (Phi) is 6.28. The summed E-state index contributed by atoms with van der Waals surface area (Å²) >= 11 is 1.09. The van der Waals surface area contributed by atoms with Crippen molar-refractivity contribution in [2.45, 2.75) is 68.8 Å². The zero-order chi connectivity index (χ0) is 26.1. The lowest BCUT2D eigenvalue weighted by Gasteiger charge is -2.46.